The van der Waals surface area contributed by atoms with E-state index in [9.17, 15) is 0 Å². The van der Waals surface area contributed by atoms with Crippen LogP contribution in [0.3, 0.4) is 0 Å². The van der Waals surface area contributed by atoms with Crippen molar-refractivity contribution >= 4 is 23.1 Å². The van der Waals surface area contributed by atoms with Crippen molar-refractivity contribution in [3.8, 4) is 0 Å². The molecular weight excluding hydrogens is 190 g/mol. The summed E-state index contributed by atoms with van der Waals surface area (Å²) in [6.45, 7) is 2.27. The van der Waals surface area contributed by atoms with Crippen molar-refractivity contribution < 1.29 is 0 Å². The lowest BCUT2D eigenvalue weighted by Crippen LogP contribution is -2.17. The highest BCUT2D eigenvalue weighted by Gasteiger charge is 2.36. The van der Waals surface area contributed by atoms with E-state index in [0.29, 0.717) is 5.38 Å². The normalized spacial score (nSPS) is 35.7. The lowest BCUT2D eigenvalue weighted by molar-refractivity contribution is 0.481. The van der Waals surface area contributed by atoms with Gasteiger partial charge < -0.3 is 0 Å². The van der Waals surface area contributed by atoms with Gasteiger partial charge in [0.05, 0.1) is 5.69 Å². The Morgan fingerprint density at radius 3 is 3.08 bits per heavy atom. The molecule has 1 aromatic heterocycles. The van der Waals surface area contributed by atoms with Crippen LogP contribution in [0.2, 0.25) is 0 Å². The first-order chi connectivity index (χ1) is 5.71. The number of rotatable bonds is 1. The van der Waals surface area contributed by atoms with E-state index in [1.165, 1.54) is 23.6 Å². The second-order valence-electron chi connectivity index (χ2n) is 3.79. The molecule has 0 aromatic carbocycles. The molecule has 0 N–H and O–H groups in total. The van der Waals surface area contributed by atoms with Crippen molar-refractivity contribution in [1.29, 1.82) is 0 Å². The van der Waals surface area contributed by atoms with Gasteiger partial charge in [-0.15, -0.1) is 11.6 Å². The van der Waals surface area contributed by atoms with Gasteiger partial charge in [-0.3, -0.25) is 0 Å². The van der Waals surface area contributed by atoms with Crippen LogP contribution in [0.5, 0.6) is 0 Å². The predicted molar refractivity (Wildman–Crippen MR) is 53.0 cm³/mol. The minimum absolute atomic E-state index is 0.256. The molecule has 1 aromatic rings. The molecular formula is C9H12ClNS. The van der Waals surface area contributed by atoms with E-state index in [-0.39, 0.29) is 5.41 Å². The fourth-order valence-electron chi connectivity index (χ4n) is 1.92. The molecule has 1 aliphatic rings. The molecule has 1 nitrogen and oxygen atoms in total. The summed E-state index contributed by atoms with van der Waals surface area (Å²) in [6, 6.07) is 2.12. The van der Waals surface area contributed by atoms with Crippen molar-refractivity contribution in [2.24, 2.45) is 0 Å². The maximum absolute atomic E-state index is 6.09. The van der Waals surface area contributed by atoms with Gasteiger partial charge >= 0.3 is 0 Å². The van der Waals surface area contributed by atoms with Gasteiger partial charge in [0.2, 0.25) is 0 Å². The zero-order chi connectivity index (χ0) is 8.60. The van der Waals surface area contributed by atoms with Crippen molar-refractivity contribution in [1.82, 2.24) is 4.37 Å². The Bertz CT molecular complexity index is 260. The summed E-state index contributed by atoms with van der Waals surface area (Å²) in [7, 11) is 0. The number of halogens is 1. The van der Waals surface area contributed by atoms with Gasteiger partial charge in [0.15, 0.2) is 0 Å². The average molecular weight is 202 g/mol. The predicted octanol–water partition coefficient (Wildman–Crippen LogP) is 3.19. The molecule has 0 aliphatic heterocycles. The standard InChI is InChI=1S/C9H12ClNS/c1-9(4-2-7(10)6-9)8-3-5-12-11-8/h3,5,7H,2,4,6H2,1H3. The van der Waals surface area contributed by atoms with Gasteiger partial charge in [-0.05, 0) is 36.9 Å². The van der Waals surface area contributed by atoms with Crippen molar-refractivity contribution in [3.05, 3.63) is 17.1 Å². The molecule has 0 amide bonds. The van der Waals surface area contributed by atoms with E-state index in [0.717, 1.165) is 12.8 Å². The summed E-state index contributed by atoms with van der Waals surface area (Å²) in [4.78, 5) is 0. The lowest BCUT2D eigenvalue weighted by Gasteiger charge is -2.20. The maximum Gasteiger partial charge on any atom is 0.0601 e. The first-order valence-electron chi connectivity index (χ1n) is 4.26. The van der Waals surface area contributed by atoms with Crippen LogP contribution in [0, 0.1) is 0 Å². The zero-order valence-corrected chi connectivity index (χ0v) is 8.66. The topological polar surface area (TPSA) is 12.9 Å². The van der Waals surface area contributed by atoms with Crippen LogP contribution in [0.1, 0.15) is 31.9 Å². The fraction of sp³-hybridized carbons (Fsp3) is 0.667. The van der Waals surface area contributed by atoms with E-state index < -0.39 is 0 Å². The molecule has 66 valence electrons. The lowest BCUT2D eigenvalue weighted by atomic mass is 9.85. The monoisotopic (exact) mass is 201 g/mol. The molecule has 1 fully saturated rings. The van der Waals surface area contributed by atoms with E-state index in [1.807, 2.05) is 5.38 Å². The summed E-state index contributed by atoms with van der Waals surface area (Å²) >= 11 is 7.62. The smallest absolute Gasteiger partial charge is 0.0601 e. The highest BCUT2D eigenvalue weighted by molar-refractivity contribution is 7.03. The minimum atomic E-state index is 0.256. The van der Waals surface area contributed by atoms with Crippen LogP contribution in [0.15, 0.2) is 11.4 Å². The van der Waals surface area contributed by atoms with E-state index in [4.69, 9.17) is 11.6 Å². The van der Waals surface area contributed by atoms with E-state index in [2.05, 4.69) is 17.4 Å². The second kappa shape index (κ2) is 3.00. The fourth-order valence-corrected chi connectivity index (χ4v) is 3.02. The highest BCUT2D eigenvalue weighted by atomic mass is 35.5. The quantitative estimate of drug-likeness (QED) is 0.636. The first-order valence-corrected chi connectivity index (χ1v) is 5.53. The summed E-state index contributed by atoms with van der Waals surface area (Å²) in [5, 5.41) is 2.40. The Balaban J connectivity index is 2.23. The summed E-state index contributed by atoms with van der Waals surface area (Å²) < 4.78 is 4.39. The van der Waals surface area contributed by atoms with Gasteiger partial charge in [-0.1, -0.05) is 6.92 Å². The number of hydrogen-bond donors (Lipinski definition) is 0. The van der Waals surface area contributed by atoms with Crippen LogP contribution in [0.25, 0.3) is 0 Å². The van der Waals surface area contributed by atoms with Crippen LogP contribution in [0.4, 0.5) is 0 Å². The molecule has 1 aliphatic carbocycles. The van der Waals surface area contributed by atoms with Crippen LogP contribution in [-0.4, -0.2) is 9.75 Å². The van der Waals surface area contributed by atoms with E-state index >= 15 is 0 Å². The number of alkyl halides is 1. The van der Waals surface area contributed by atoms with Crippen molar-refractivity contribution in [3.63, 3.8) is 0 Å². The third-order valence-electron chi connectivity index (χ3n) is 2.74. The molecule has 12 heavy (non-hydrogen) atoms. The molecule has 0 spiro atoms. The number of nitrogens with zero attached hydrogens (tertiary/aromatic N) is 1. The zero-order valence-electron chi connectivity index (χ0n) is 7.09. The van der Waals surface area contributed by atoms with Crippen LogP contribution >= 0.6 is 23.1 Å². The van der Waals surface area contributed by atoms with Gasteiger partial charge in [0.25, 0.3) is 0 Å². The van der Waals surface area contributed by atoms with Gasteiger partial charge in [0.1, 0.15) is 0 Å². The first kappa shape index (κ1) is 8.52. The van der Waals surface area contributed by atoms with Gasteiger partial charge in [0, 0.05) is 16.2 Å². The average Bonchev–Trinajstić information content (AvgIpc) is 2.59. The Kier molecular flexibility index (Phi) is 2.13. The Labute approximate surface area is 81.9 Å². The van der Waals surface area contributed by atoms with Gasteiger partial charge in [-0.25, -0.2) is 0 Å². The largest absolute Gasteiger partial charge is 0.197 e. The third kappa shape index (κ3) is 1.38. The van der Waals surface area contributed by atoms with Crippen LogP contribution in [-0.2, 0) is 5.41 Å². The Hall–Kier alpha value is -0.0800. The highest BCUT2D eigenvalue weighted by Crippen LogP contribution is 2.42. The molecule has 2 rings (SSSR count). The number of aromatic nitrogens is 1. The third-order valence-corrected chi connectivity index (χ3v) is 3.67. The molecule has 1 saturated carbocycles. The van der Waals surface area contributed by atoms with Crippen molar-refractivity contribution in [2.75, 3.05) is 0 Å². The maximum atomic E-state index is 6.09. The molecule has 2 atom stereocenters. The van der Waals surface area contributed by atoms with E-state index in [1.54, 1.807) is 0 Å². The SMILES string of the molecule is CC1(c2ccsn2)CCC(Cl)C1. The van der Waals surface area contributed by atoms with Crippen LogP contribution < -0.4 is 0 Å². The second-order valence-corrected chi connectivity index (χ2v) is 5.07. The Morgan fingerprint density at radius 1 is 1.75 bits per heavy atom. The Morgan fingerprint density at radius 2 is 2.58 bits per heavy atom. The molecule has 0 saturated heterocycles. The molecule has 3 heteroatoms. The van der Waals surface area contributed by atoms with Crippen molar-refractivity contribution in [2.45, 2.75) is 37.0 Å². The summed E-state index contributed by atoms with van der Waals surface area (Å²) in [5.41, 5.74) is 1.49. The molecule has 1 heterocycles. The molecule has 0 bridgehead atoms. The number of hydrogen-bond acceptors (Lipinski definition) is 2. The molecule has 2 unspecified atom stereocenters. The molecule has 0 radical (unpaired) electrons. The summed E-state index contributed by atoms with van der Waals surface area (Å²) in [5.74, 6) is 0. The minimum Gasteiger partial charge on any atom is -0.197 e. The summed E-state index contributed by atoms with van der Waals surface area (Å²) in [6.07, 6.45) is 3.40. The van der Waals surface area contributed by atoms with Gasteiger partial charge in [-0.2, -0.15) is 4.37 Å².